The van der Waals surface area contributed by atoms with Crippen molar-refractivity contribution in [1.29, 1.82) is 0 Å². The van der Waals surface area contributed by atoms with Crippen molar-refractivity contribution in [2.75, 3.05) is 0 Å². The fourth-order valence-electron chi connectivity index (χ4n) is 1.65. The van der Waals surface area contributed by atoms with Crippen LogP contribution < -0.4 is 5.32 Å². The molecule has 0 spiro atoms. The van der Waals surface area contributed by atoms with Crippen molar-refractivity contribution >= 4 is 11.9 Å². The van der Waals surface area contributed by atoms with Gasteiger partial charge in [-0.25, -0.2) is 4.79 Å². The molecule has 0 aromatic heterocycles. The van der Waals surface area contributed by atoms with Crippen LogP contribution in [-0.4, -0.2) is 23.0 Å². The van der Waals surface area contributed by atoms with Crippen LogP contribution in [0.3, 0.4) is 0 Å². The van der Waals surface area contributed by atoms with E-state index in [1.807, 2.05) is 37.3 Å². The van der Waals surface area contributed by atoms with Gasteiger partial charge in [0.1, 0.15) is 6.04 Å². The van der Waals surface area contributed by atoms with E-state index in [1.165, 1.54) is 0 Å². The average molecular weight is 249 g/mol. The number of unbranched alkanes of at least 4 members (excludes halogenated alkanes) is 1. The number of benzene rings is 1. The van der Waals surface area contributed by atoms with Gasteiger partial charge in [-0.2, -0.15) is 0 Å². The van der Waals surface area contributed by atoms with E-state index in [-0.39, 0.29) is 5.91 Å². The van der Waals surface area contributed by atoms with Crippen LogP contribution in [0.15, 0.2) is 30.3 Å². The second-order valence-electron chi connectivity index (χ2n) is 4.25. The van der Waals surface area contributed by atoms with Crippen LogP contribution in [0, 0.1) is 0 Å². The van der Waals surface area contributed by atoms with E-state index >= 15 is 0 Å². The molecule has 98 valence electrons. The molecule has 18 heavy (non-hydrogen) atoms. The van der Waals surface area contributed by atoms with Gasteiger partial charge in [0.25, 0.3) is 0 Å². The van der Waals surface area contributed by atoms with Gasteiger partial charge in [0.15, 0.2) is 0 Å². The average Bonchev–Trinajstić information content (AvgIpc) is 2.36. The van der Waals surface area contributed by atoms with Gasteiger partial charge in [0.05, 0.1) is 0 Å². The van der Waals surface area contributed by atoms with E-state index in [0.29, 0.717) is 12.8 Å². The number of hydrogen-bond acceptors (Lipinski definition) is 2. The van der Waals surface area contributed by atoms with E-state index in [0.717, 1.165) is 18.4 Å². The highest BCUT2D eigenvalue weighted by molar-refractivity contribution is 5.83. The normalized spacial score (nSPS) is 11.8. The van der Waals surface area contributed by atoms with Crippen molar-refractivity contribution in [3.63, 3.8) is 0 Å². The minimum Gasteiger partial charge on any atom is -0.480 e. The zero-order chi connectivity index (χ0) is 13.4. The monoisotopic (exact) mass is 249 g/mol. The van der Waals surface area contributed by atoms with Crippen molar-refractivity contribution in [2.24, 2.45) is 0 Å². The van der Waals surface area contributed by atoms with Crippen molar-refractivity contribution < 1.29 is 14.7 Å². The number of amides is 1. The third kappa shape index (κ3) is 4.99. The second-order valence-corrected chi connectivity index (χ2v) is 4.25. The Hall–Kier alpha value is -1.84. The third-order valence-corrected chi connectivity index (χ3v) is 2.67. The molecular formula is C14H19NO3. The van der Waals surface area contributed by atoms with Crippen LogP contribution in [0.5, 0.6) is 0 Å². The molecule has 4 heteroatoms. The van der Waals surface area contributed by atoms with Gasteiger partial charge in [-0.05, 0) is 12.0 Å². The number of rotatable bonds is 7. The summed E-state index contributed by atoms with van der Waals surface area (Å²) in [6.07, 6.45) is 2.40. The summed E-state index contributed by atoms with van der Waals surface area (Å²) in [7, 11) is 0. The van der Waals surface area contributed by atoms with Gasteiger partial charge in [-0.3, -0.25) is 4.79 Å². The maximum absolute atomic E-state index is 11.5. The Bertz CT molecular complexity index is 389. The first-order valence-corrected chi connectivity index (χ1v) is 6.19. The van der Waals surface area contributed by atoms with Crippen LogP contribution in [-0.2, 0) is 16.0 Å². The molecule has 1 atom stereocenters. The SMILES string of the molecule is CCCCC(=O)NC(Cc1ccccc1)C(=O)O. The summed E-state index contributed by atoms with van der Waals surface area (Å²) in [5.41, 5.74) is 0.903. The van der Waals surface area contributed by atoms with Crippen LogP contribution in [0.4, 0.5) is 0 Å². The van der Waals surface area contributed by atoms with Crippen molar-refractivity contribution in [2.45, 2.75) is 38.6 Å². The highest BCUT2D eigenvalue weighted by Gasteiger charge is 2.19. The molecular weight excluding hydrogens is 230 g/mol. The molecule has 1 aromatic carbocycles. The quantitative estimate of drug-likeness (QED) is 0.776. The third-order valence-electron chi connectivity index (χ3n) is 2.67. The zero-order valence-electron chi connectivity index (χ0n) is 10.6. The Labute approximate surface area is 107 Å². The smallest absolute Gasteiger partial charge is 0.326 e. The van der Waals surface area contributed by atoms with E-state index in [1.54, 1.807) is 0 Å². The predicted molar refractivity (Wildman–Crippen MR) is 69.2 cm³/mol. The van der Waals surface area contributed by atoms with Gasteiger partial charge in [0, 0.05) is 12.8 Å². The van der Waals surface area contributed by atoms with E-state index in [2.05, 4.69) is 5.32 Å². The van der Waals surface area contributed by atoms with Gasteiger partial charge < -0.3 is 10.4 Å². The van der Waals surface area contributed by atoms with Crippen LogP contribution in [0.1, 0.15) is 31.7 Å². The number of nitrogens with one attached hydrogen (secondary N) is 1. The highest BCUT2D eigenvalue weighted by Crippen LogP contribution is 2.04. The lowest BCUT2D eigenvalue weighted by Gasteiger charge is -2.14. The van der Waals surface area contributed by atoms with E-state index in [9.17, 15) is 9.59 Å². The highest BCUT2D eigenvalue weighted by atomic mass is 16.4. The number of carboxylic acid groups (broad SMARTS) is 1. The number of hydrogen-bond donors (Lipinski definition) is 2. The standard InChI is InChI=1S/C14H19NO3/c1-2-3-9-13(16)15-12(14(17)18)10-11-7-5-4-6-8-11/h4-8,12H,2-3,9-10H2,1H3,(H,15,16)(H,17,18). The summed E-state index contributed by atoms with van der Waals surface area (Å²) in [6.45, 7) is 1.99. The van der Waals surface area contributed by atoms with Gasteiger partial charge in [0.2, 0.25) is 5.91 Å². The van der Waals surface area contributed by atoms with Gasteiger partial charge in [-0.1, -0.05) is 43.7 Å². The predicted octanol–water partition coefficient (Wildman–Crippen LogP) is 1.99. The Kier molecular flexibility index (Phi) is 5.91. The minimum absolute atomic E-state index is 0.194. The lowest BCUT2D eigenvalue weighted by atomic mass is 10.1. The molecule has 0 bridgehead atoms. The first-order chi connectivity index (χ1) is 8.63. The lowest BCUT2D eigenvalue weighted by molar-refractivity contribution is -0.141. The first-order valence-electron chi connectivity index (χ1n) is 6.19. The van der Waals surface area contributed by atoms with Crippen molar-refractivity contribution in [3.8, 4) is 0 Å². The van der Waals surface area contributed by atoms with Crippen molar-refractivity contribution in [1.82, 2.24) is 5.32 Å². The molecule has 0 aliphatic carbocycles. The molecule has 0 heterocycles. The lowest BCUT2D eigenvalue weighted by Crippen LogP contribution is -2.42. The number of carbonyl (C=O) groups is 2. The summed E-state index contributed by atoms with van der Waals surface area (Å²) in [4.78, 5) is 22.6. The summed E-state index contributed by atoms with van der Waals surface area (Å²) < 4.78 is 0. The fourth-order valence-corrected chi connectivity index (χ4v) is 1.65. The Morgan fingerprint density at radius 1 is 1.28 bits per heavy atom. The van der Waals surface area contributed by atoms with E-state index in [4.69, 9.17) is 5.11 Å². The molecule has 0 saturated carbocycles. The Morgan fingerprint density at radius 2 is 1.94 bits per heavy atom. The molecule has 4 nitrogen and oxygen atoms in total. The molecule has 0 aliphatic heterocycles. The molecule has 0 fully saturated rings. The van der Waals surface area contributed by atoms with Gasteiger partial charge in [-0.15, -0.1) is 0 Å². The number of carbonyl (C=O) groups excluding carboxylic acids is 1. The molecule has 1 amide bonds. The molecule has 0 aliphatic rings. The second kappa shape index (κ2) is 7.48. The molecule has 1 unspecified atom stereocenters. The van der Waals surface area contributed by atoms with Crippen molar-refractivity contribution in [3.05, 3.63) is 35.9 Å². The first kappa shape index (κ1) is 14.2. The van der Waals surface area contributed by atoms with Crippen LogP contribution in [0.2, 0.25) is 0 Å². The topological polar surface area (TPSA) is 66.4 Å². The molecule has 0 saturated heterocycles. The van der Waals surface area contributed by atoms with Gasteiger partial charge >= 0.3 is 5.97 Å². The summed E-state index contributed by atoms with van der Waals surface area (Å²) in [5, 5.41) is 11.7. The molecule has 2 N–H and O–H groups in total. The van der Waals surface area contributed by atoms with Crippen LogP contribution >= 0.6 is 0 Å². The molecule has 0 radical (unpaired) electrons. The molecule has 1 rings (SSSR count). The number of aliphatic carboxylic acids is 1. The molecule has 1 aromatic rings. The Morgan fingerprint density at radius 3 is 2.50 bits per heavy atom. The summed E-state index contributed by atoms with van der Waals surface area (Å²) >= 11 is 0. The summed E-state index contributed by atoms with van der Waals surface area (Å²) in [6, 6.07) is 8.44. The summed E-state index contributed by atoms with van der Waals surface area (Å²) in [5.74, 6) is -1.19. The Balaban J connectivity index is 2.55. The largest absolute Gasteiger partial charge is 0.480 e. The number of carboxylic acids is 1. The van der Waals surface area contributed by atoms with Crippen LogP contribution in [0.25, 0.3) is 0 Å². The minimum atomic E-state index is -0.997. The maximum atomic E-state index is 11.5. The van der Waals surface area contributed by atoms with E-state index < -0.39 is 12.0 Å². The maximum Gasteiger partial charge on any atom is 0.326 e. The zero-order valence-corrected chi connectivity index (χ0v) is 10.6. The fraction of sp³-hybridized carbons (Fsp3) is 0.429.